The Hall–Kier alpha value is -0.770. The molecule has 0 unspecified atom stereocenters. The molecule has 2 heterocycles. The van der Waals surface area contributed by atoms with Crippen LogP contribution in [0.1, 0.15) is 11.4 Å². The number of aryl methyl sites for hydroxylation is 1. The van der Waals surface area contributed by atoms with Crippen molar-refractivity contribution in [2.75, 3.05) is 11.2 Å². The van der Waals surface area contributed by atoms with Crippen LogP contribution in [0.5, 0.6) is 0 Å². The van der Waals surface area contributed by atoms with Crippen LogP contribution >= 0.6 is 11.8 Å². The molecule has 1 aromatic heterocycles. The van der Waals surface area contributed by atoms with Crippen LogP contribution < -0.4 is 5.32 Å². The number of aromatic nitrogens is 2. The largest absolute Gasteiger partial charge is 0.361 e. The normalized spacial score (nSPS) is 15.4. The smallest absolute Gasteiger partial charge is 0.134 e. The van der Waals surface area contributed by atoms with E-state index in [1.54, 1.807) is 0 Å². The van der Waals surface area contributed by atoms with Crippen LogP contribution in [-0.4, -0.2) is 15.8 Å². The predicted molar refractivity (Wildman–Crippen MR) is 46.6 cm³/mol. The summed E-state index contributed by atoms with van der Waals surface area (Å²) in [6.07, 6.45) is 1.90. The summed E-state index contributed by atoms with van der Waals surface area (Å²) >= 11 is 1.85. The summed E-state index contributed by atoms with van der Waals surface area (Å²) in [5.74, 6) is 3.84. The van der Waals surface area contributed by atoms with Crippen LogP contribution in [0.2, 0.25) is 0 Å². The van der Waals surface area contributed by atoms with E-state index in [0.717, 1.165) is 23.3 Å². The lowest BCUT2D eigenvalue weighted by Gasteiger charge is -2.15. The van der Waals surface area contributed by atoms with Gasteiger partial charge in [0.1, 0.15) is 11.6 Å². The van der Waals surface area contributed by atoms with Crippen LogP contribution in [0.3, 0.4) is 0 Å². The number of fused-ring (bicyclic) bond motifs is 1. The van der Waals surface area contributed by atoms with E-state index in [1.165, 1.54) is 5.56 Å². The molecule has 1 aliphatic rings. The molecule has 0 aromatic carbocycles. The number of hydrogen-bond acceptors (Lipinski definition) is 4. The van der Waals surface area contributed by atoms with Gasteiger partial charge < -0.3 is 5.32 Å². The van der Waals surface area contributed by atoms with E-state index in [9.17, 15) is 0 Å². The van der Waals surface area contributed by atoms with Crippen molar-refractivity contribution in [2.24, 2.45) is 0 Å². The molecule has 11 heavy (non-hydrogen) atoms. The number of nitrogens with zero attached hydrogens (tertiary/aromatic N) is 2. The fourth-order valence-electron chi connectivity index (χ4n) is 1.03. The number of rotatable bonds is 0. The first-order valence-corrected chi connectivity index (χ1v) is 4.66. The molecule has 0 radical (unpaired) electrons. The van der Waals surface area contributed by atoms with Gasteiger partial charge in [0.15, 0.2) is 0 Å². The van der Waals surface area contributed by atoms with Crippen LogP contribution in [0.4, 0.5) is 5.82 Å². The summed E-state index contributed by atoms with van der Waals surface area (Å²) in [5.41, 5.74) is 1.21. The van der Waals surface area contributed by atoms with Crippen LogP contribution in [0.15, 0.2) is 6.20 Å². The zero-order chi connectivity index (χ0) is 7.68. The van der Waals surface area contributed by atoms with Gasteiger partial charge in [-0.15, -0.1) is 11.8 Å². The first-order chi connectivity index (χ1) is 5.36. The summed E-state index contributed by atoms with van der Waals surface area (Å²) in [7, 11) is 0. The molecule has 1 N–H and O–H groups in total. The lowest BCUT2D eigenvalue weighted by atomic mass is 10.3. The van der Waals surface area contributed by atoms with Crippen LogP contribution in [-0.2, 0) is 5.75 Å². The first-order valence-electron chi connectivity index (χ1n) is 3.50. The summed E-state index contributed by atoms with van der Waals surface area (Å²) in [6, 6.07) is 0. The van der Waals surface area contributed by atoms with Gasteiger partial charge in [-0.2, -0.15) is 0 Å². The molecular formula is C7H9N3S. The molecular weight excluding hydrogens is 158 g/mol. The highest BCUT2D eigenvalue weighted by Crippen LogP contribution is 2.23. The van der Waals surface area contributed by atoms with Crippen molar-refractivity contribution in [1.82, 2.24) is 9.97 Å². The maximum absolute atomic E-state index is 4.28. The van der Waals surface area contributed by atoms with Gasteiger partial charge in [-0.25, -0.2) is 9.97 Å². The second-order valence-electron chi connectivity index (χ2n) is 2.46. The summed E-state index contributed by atoms with van der Waals surface area (Å²) in [6.45, 7) is 1.91. The summed E-state index contributed by atoms with van der Waals surface area (Å²) in [5, 5.41) is 3.22. The molecule has 1 aromatic rings. The fraction of sp³-hybridized carbons (Fsp3) is 0.429. The fourth-order valence-corrected chi connectivity index (χ4v) is 1.81. The second-order valence-corrected chi connectivity index (χ2v) is 3.45. The van der Waals surface area contributed by atoms with Gasteiger partial charge in [0.2, 0.25) is 0 Å². The highest BCUT2D eigenvalue weighted by atomic mass is 32.2. The van der Waals surface area contributed by atoms with Crippen LogP contribution in [0, 0.1) is 6.92 Å². The zero-order valence-corrected chi connectivity index (χ0v) is 7.11. The van der Waals surface area contributed by atoms with Crippen molar-refractivity contribution in [2.45, 2.75) is 12.7 Å². The van der Waals surface area contributed by atoms with Crippen molar-refractivity contribution in [3.05, 3.63) is 17.6 Å². The Morgan fingerprint density at radius 1 is 1.64 bits per heavy atom. The summed E-state index contributed by atoms with van der Waals surface area (Å²) in [4.78, 5) is 8.41. The van der Waals surface area contributed by atoms with Crippen LogP contribution in [0.25, 0.3) is 0 Å². The Balaban J connectivity index is 2.43. The average Bonchev–Trinajstić information content (AvgIpc) is 2.04. The average molecular weight is 167 g/mol. The topological polar surface area (TPSA) is 37.8 Å². The molecule has 0 amide bonds. The number of nitrogens with one attached hydrogen (secondary N) is 1. The van der Waals surface area contributed by atoms with E-state index in [2.05, 4.69) is 15.3 Å². The van der Waals surface area contributed by atoms with Crippen molar-refractivity contribution < 1.29 is 0 Å². The molecule has 0 saturated carbocycles. The van der Waals surface area contributed by atoms with Gasteiger partial charge in [-0.3, -0.25) is 0 Å². The maximum atomic E-state index is 4.28. The van der Waals surface area contributed by atoms with E-state index < -0.39 is 0 Å². The van der Waals surface area contributed by atoms with E-state index in [4.69, 9.17) is 0 Å². The molecule has 0 atom stereocenters. The Morgan fingerprint density at radius 2 is 2.55 bits per heavy atom. The third kappa shape index (κ3) is 1.30. The quantitative estimate of drug-likeness (QED) is 0.634. The van der Waals surface area contributed by atoms with Gasteiger partial charge in [-0.05, 0) is 6.92 Å². The zero-order valence-electron chi connectivity index (χ0n) is 6.29. The highest BCUT2D eigenvalue weighted by molar-refractivity contribution is 7.98. The highest BCUT2D eigenvalue weighted by Gasteiger charge is 2.09. The summed E-state index contributed by atoms with van der Waals surface area (Å²) < 4.78 is 0. The number of thioether (sulfide) groups is 1. The van der Waals surface area contributed by atoms with Crippen molar-refractivity contribution >= 4 is 17.6 Å². The molecule has 2 rings (SSSR count). The van der Waals surface area contributed by atoms with E-state index >= 15 is 0 Å². The maximum Gasteiger partial charge on any atom is 0.134 e. The van der Waals surface area contributed by atoms with Gasteiger partial charge >= 0.3 is 0 Å². The predicted octanol–water partition coefficient (Wildman–Crippen LogP) is 1.40. The Morgan fingerprint density at radius 3 is 3.45 bits per heavy atom. The lowest BCUT2D eigenvalue weighted by Crippen LogP contribution is -2.10. The lowest BCUT2D eigenvalue weighted by molar-refractivity contribution is 1.02. The molecule has 58 valence electrons. The minimum atomic E-state index is 0.836. The van der Waals surface area contributed by atoms with Gasteiger partial charge in [0, 0.05) is 17.5 Å². The van der Waals surface area contributed by atoms with Crippen molar-refractivity contribution in [3.63, 3.8) is 0 Å². The molecule has 1 aliphatic heterocycles. The second kappa shape index (κ2) is 2.70. The molecule has 0 saturated heterocycles. The third-order valence-electron chi connectivity index (χ3n) is 1.58. The Labute approximate surface area is 69.6 Å². The molecule has 0 spiro atoms. The number of anilines is 1. The Kier molecular flexibility index (Phi) is 1.69. The standard InChI is InChI=1S/C7H9N3S/c1-5-8-2-6-3-11-4-9-7(6)10-5/h2H,3-4H2,1H3,(H,8,9,10). The molecule has 3 nitrogen and oxygen atoms in total. The number of hydrogen-bond donors (Lipinski definition) is 1. The SMILES string of the molecule is Cc1ncc2c(n1)NCSC2. The third-order valence-corrected chi connectivity index (χ3v) is 2.45. The molecule has 4 heteroatoms. The minimum Gasteiger partial charge on any atom is -0.361 e. The van der Waals surface area contributed by atoms with Gasteiger partial charge in [-0.1, -0.05) is 0 Å². The van der Waals surface area contributed by atoms with Crippen molar-refractivity contribution in [3.8, 4) is 0 Å². The first kappa shape index (κ1) is 6.91. The molecule has 0 bridgehead atoms. The minimum absolute atomic E-state index is 0.836. The van der Waals surface area contributed by atoms with E-state index in [1.807, 2.05) is 24.9 Å². The van der Waals surface area contributed by atoms with Gasteiger partial charge in [0.25, 0.3) is 0 Å². The molecule has 0 aliphatic carbocycles. The monoisotopic (exact) mass is 167 g/mol. The Bertz CT molecular complexity index is 274. The van der Waals surface area contributed by atoms with E-state index in [0.29, 0.717) is 0 Å². The van der Waals surface area contributed by atoms with Crippen molar-refractivity contribution in [1.29, 1.82) is 0 Å². The van der Waals surface area contributed by atoms with E-state index in [-0.39, 0.29) is 0 Å². The molecule has 0 fully saturated rings. The van der Waals surface area contributed by atoms with Gasteiger partial charge in [0.05, 0.1) is 5.88 Å².